The van der Waals surface area contributed by atoms with Crippen LogP contribution >= 0.6 is 11.3 Å². The van der Waals surface area contributed by atoms with Gasteiger partial charge >= 0.3 is 0 Å². The zero-order chi connectivity index (χ0) is 17.3. The van der Waals surface area contributed by atoms with E-state index in [1.807, 2.05) is 6.92 Å². The molecule has 0 aromatic carbocycles. The number of nitrogens with two attached hydrogens (primary N) is 1. The largest absolute Gasteiger partial charge is 0.493 e. The number of allylic oxidation sites excluding steroid dienone is 4. The van der Waals surface area contributed by atoms with Gasteiger partial charge in [0.25, 0.3) is 5.56 Å². The molecule has 124 valence electrons. The predicted molar refractivity (Wildman–Crippen MR) is 92.8 cm³/mol. The van der Waals surface area contributed by atoms with Gasteiger partial charge in [-0.3, -0.25) is 9.59 Å². The summed E-state index contributed by atoms with van der Waals surface area (Å²) in [4.78, 5) is 29.0. The number of aromatic nitrogens is 3. The van der Waals surface area contributed by atoms with Crippen molar-refractivity contribution in [2.45, 2.75) is 19.8 Å². The molecule has 0 saturated carbocycles. The normalized spacial score (nSPS) is 16.0. The number of Topliss-reactive ketones (excluding diaryl/α,β-unsaturated/α-hetero) is 1. The smallest absolute Gasteiger partial charge is 0.283 e. The van der Waals surface area contributed by atoms with Crippen molar-refractivity contribution in [3.05, 3.63) is 50.5 Å². The minimum Gasteiger partial charge on any atom is -0.493 e. The zero-order valence-electron chi connectivity index (χ0n) is 13.3. The summed E-state index contributed by atoms with van der Waals surface area (Å²) >= 11 is 1.34. The number of rotatable bonds is 4. The van der Waals surface area contributed by atoms with Crippen LogP contribution in [0.25, 0.3) is 11.0 Å². The molecular formula is C16H16N4O3S. The molecule has 3 rings (SSSR count). The lowest BCUT2D eigenvalue weighted by Gasteiger charge is -2.09. The standard InChI is InChI=1S/C16H16N4O3S/c1-3-5-12-19-20-14(17)10(15(22)18-16(20)24-12)8-9-6-4-7-11(23-2)13(9)21/h4,6-8H,3,5,17H2,1-2H3/b9-8+. The van der Waals surface area contributed by atoms with Crippen LogP contribution in [0.15, 0.2) is 34.4 Å². The van der Waals surface area contributed by atoms with Crippen LogP contribution in [0, 0.1) is 0 Å². The highest BCUT2D eigenvalue weighted by molar-refractivity contribution is 7.16. The third kappa shape index (κ3) is 2.76. The predicted octanol–water partition coefficient (Wildman–Crippen LogP) is 1.74. The van der Waals surface area contributed by atoms with Crippen molar-refractivity contribution in [3.8, 4) is 0 Å². The van der Waals surface area contributed by atoms with Gasteiger partial charge in [0.1, 0.15) is 10.8 Å². The summed E-state index contributed by atoms with van der Waals surface area (Å²) in [7, 11) is 1.42. The van der Waals surface area contributed by atoms with E-state index in [-0.39, 0.29) is 22.9 Å². The topological polar surface area (TPSA) is 99.6 Å². The Morgan fingerprint density at radius 1 is 1.42 bits per heavy atom. The molecule has 24 heavy (non-hydrogen) atoms. The van der Waals surface area contributed by atoms with Crippen molar-refractivity contribution < 1.29 is 9.53 Å². The molecule has 1 aliphatic rings. The number of hydrogen-bond acceptors (Lipinski definition) is 7. The number of hydrogen-bond donors (Lipinski definition) is 1. The molecule has 0 atom stereocenters. The van der Waals surface area contributed by atoms with Gasteiger partial charge in [0, 0.05) is 12.0 Å². The van der Waals surface area contributed by atoms with Crippen LogP contribution in [0.5, 0.6) is 0 Å². The number of aryl methyl sites for hydroxylation is 1. The van der Waals surface area contributed by atoms with E-state index in [4.69, 9.17) is 10.5 Å². The molecule has 0 spiro atoms. The van der Waals surface area contributed by atoms with E-state index >= 15 is 0 Å². The second kappa shape index (κ2) is 6.40. The molecule has 1 aliphatic carbocycles. The highest BCUT2D eigenvalue weighted by Crippen LogP contribution is 2.21. The van der Waals surface area contributed by atoms with Crippen molar-refractivity contribution in [2.24, 2.45) is 0 Å². The van der Waals surface area contributed by atoms with Crippen LogP contribution in [-0.2, 0) is 16.0 Å². The van der Waals surface area contributed by atoms with Gasteiger partial charge in [-0.05, 0) is 18.6 Å². The molecule has 2 N–H and O–H groups in total. The molecule has 0 bridgehead atoms. The molecule has 0 saturated heterocycles. The number of methoxy groups -OCH3 is 1. The summed E-state index contributed by atoms with van der Waals surface area (Å²) in [6.45, 7) is 2.05. The number of ketones is 1. The first kappa shape index (κ1) is 16.1. The average molecular weight is 344 g/mol. The number of carbonyl (C=O) groups excluding carboxylic acids is 1. The fraction of sp³-hybridized carbons (Fsp3) is 0.250. The first-order valence-corrected chi connectivity index (χ1v) is 8.23. The molecule has 0 amide bonds. The van der Waals surface area contributed by atoms with Crippen LogP contribution in [-0.4, -0.2) is 27.5 Å². The van der Waals surface area contributed by atoms with Gasteiger partial charge in [-0.1, -0.05) is 30.4 Å². The van der Waals surface area contributed by atoms with Gasteiger partial charge < -0.3 is 10.5 Å². The SMILES string of the molecule is CCCc1nn2c(N)c(/C=C3\C=CC=C(OC)C3=O)c(=O)nc2s1. The first-order chi connectivity index (χ1) is 11.5. The van der Waals surface area contributed by atoms with Gasteiger partial charge in [0.2, 0.25) is 10.7 Å². The Kier molecular flexibility index (Phi) is 4.30. The molecule has 7 nitrogen and oxygen atoms in total. The van der Waals surface area contributed by atoms with Gasteiger partial charge in [0.05, 0.1) is 12.7 Å². The Morgan fingerprint density at radius 2 is 2.21 bits per heavy atom. The molecular weight excluding hydrogens is 328 g/mol. The van der Waals surface area contributed by atoms with Crippen molar-refractivity contribution >= 4 is 34.0 Å². The van der Waals surface area contributed by atoms with Crippen molar-refractivity contribution in [3.63, 3.8) is 0 Å². The summed E-state index contributed by atoms with van der Waals surface area (Å²) in [6.07, 6.45) is 8.00. The van der Waals surface area contributed by atoms with Crippen LogP contribution in [0.1, 0.15) is 23.9 Å². The number of nitrogens with zero attached hydrogens (tertiary/aromatic N) is 3. The second-order valence-electron chi connectivity index (χ2n) is 5.18. The molecule has 2 aromatic rings. The Bertz CT molecular complexity index is 966. The van der Waals surface area contributed by atoms with Crippen molar-refractivity contribution in [1.29, 1.82) is 0 Å². The maximum Gasteiger partial charge on any atom is 0.283 e. The van der Waals surface area contributed by atoms with E-state index in [0.717, 1.165) is 17.8 Å². The van der Waals surface area contributed by atoms with E-state index < -0.39 is 5.56 Å². The number of carbonyl (C=O) groups is 1. The van der Waals surface area contributed by atoms with Gasteiger partial charge in [-0.15, -0.1) is 0 Å². The molecule has 2 aromatic heterocycles. The molecule has 0 unspecified atom stereocenters. The first-order valence-electron chi connectivity index (χ1n) is 7.42. The number of anilines is 1. The van der Waals surface area contributed by atoms with Crippen molar-refractivity contribution in [1.82, 2.24) is 14.6 Å². The minimum absolute atomic E-state index is 0.145. The molecule has 2 heterocycles. The van der Waals surface area contributed by atoms with Gasteiger partial charge in [0.15, 0.2) is 5.76 Å². The minimum atomic E-state index is -0.485. The summed E-state index contributed by atoms with van der Waals surface area (Å²) in [6, 6.07) is 0. The van der Waals surface area contributed by atoms with Gasteiger partial charge in [-0.25, -0.2) is 0 Å². The summed E-state index contributed by atoms with van der Waals surface area (Å²) in [5.41, 5.74) is 6.07. The highest BCUT2D eigenvalue weighted by Gasteiger charge is 2.19. The molecule has 0 radical (unpaired) electrons. The maximum absolute atomic E-state index is 12.3. The lowest BCUT2D eigenvalue weighted by Crippen LogP contribution is -2.18. The monoisotopic (exact) mass is 344 g/mol. The van der Waals surface area contributed by atoms with Crippen LogP contribution in [0.2, 0.25) is 0 Å². The van der Waals surface area contributed by atoms with Crippen LogP contribution < -0.4 is 11.3 Å². The molecule has 0 aliphatic heterocycles. The van der Waals surface area contributed by atoms with E-state index in [9.17, 15) is 9.59 Å². The molecule has 0 fully saturated rings. The Labute approximate surface area is 141 Å². The second-order valence-corrected chi connectivity index (χ2v) is 6.22. The summed E-state index contributed by atoms with van der Waals surface area (Å²) in [5.74, 6) is 0.0648. The number of fused-ring (bicyclic) bond motifs is 1. The highest BCUT2D eigenvalue weighted by atomic mass is 32.1. The van der Waals surface area contributed by atoms with E-state index in [1.54, 1.807) is 18.2 Å². The van der Waals surface area contributed by atoms with E-state index in [0.29, 0.717) is 10.5 Å². The number of nitrogen functional groups attached to an aromatic ring is 1. The summed E-state index contributed by atoms with van der Waals surface area (Å²) < 4.78 is 6.46. The third-order valence-corrected chi connectivity index (χ3v) is 4.49. The van der Waals surface area contributed by atoms with Gasteiger partial charge in [-0.2, -0.15) is 14.6 Å². The van der Waals surface area contributed by atoms with Crippen LogP contribution in [0.4, 0.5) is 5.82 Å². The Morgan fingerprint density at radius 3 is 2.92 bits per heavy atom. The average Bonchev–Trinajstić information content (AvgIpc) is 2.96. The maximum atomic E-state index is 12.3. The third-order valence-electron chi connectivity index (χ3n) is 3.53. The lowest BCUT2D eigenvalue weighted by atomic mass is 10.0. The van der Waals surface area contributed by atoms with Crippen molar-refractivity contribution in [2.75, 3.05) is 12.8 Å². The fourth-order valence-corrected chi connectivity index (χ4v) is 3.33. The fourth-order valence-electron chi connectivity index (χ4n) is 2.33. The zero-order valence-corrected chi connectivity index (χ0v) is 14.1. The van der Waals surface area contributed by atoms with E-state index in [2.05, 4.69) is 10.1 Å². The Balaban J connectivity index is 2.12. The van der Waals surface area contributed by atoms with Crippen LogP contribution in [0.3, 0.4) is 0 Å². The number of ether oxygens (including phenoxy) is 1. The summed E-state index contributed by atoms with van der Waals surface area (Å²) in [5, 5.41) is 5.25. The molecule has 8 heteroatoms. The van der Waals surface area contributed by atoms with E-state index in [1.165, 1.54) is 29.0 Å². The Hall–Kier alpha value is -2.74. The quantitative estimate of drug-likeness (QED) is 0.848. The lowest BCUT2D eigenvalue weighted by molar-refractivity contribution is -0.114.